The lowest BCUT2D eigenvalue weighted by Gasteiger charge is -2.32. The molecule has 4 rings (SSSR count). The Hall–Kier alpha value is -2.38. The largest absolute Gasteiger partial charge is 0.471 e. The van der Waals surface area contributed by atoms with Crippen molar-refractivity contribution in [1.82, 2.24) is 0 Å². The number of halogens is 5. The molecule has 2 heterocycles. The summed E-state index contributed by atoms with van der Waals surface area (Å²) in [4.78, 5) is 13.8. The Balaban J connectivity index is 1.81. The van der Waals surface area contributed by atoms with Crippen molar-refractivity contribution in [2.45, 2.75) is 32.5 Å². The first kappa shape index (κ1) is 20.9. The third kappa shape index (κ3) is 3.72. The lowest BCUT2D eigenvalue weighted by Crippen LogP contribution is -2.32. The van der Waals surface area contributed by atoms with Crippen LogP contribution in [0, 0.1) is 0 Å². The molecular formula is C21H16Cl2F3NO3. The third-order valence-corrected chi connectivity index (χ3v) is 5.55. The Labute approximate surface area is 179 Å². The van der Waals surface area contributed by atoms with E-state index in [2.05, 4.69) is 0 Å². The van der Waals surface area contributed by atoms with Gasteiger partial charge in [0.15, 0.2) is 6.73 Å². The Morgan fingerprint density at radius 1 is 1.13 bits per heavy atom. The van der Waals surface area contributed by atoms with Crippen LogP contribution in [0.2, 0.25) is 10.0 Å². The van der Waals surface area contributed by atoms with E-state index in [1.54, 1.807) is 11.0 Å². The number of nitrogens with zero attached hydrogens (tertiary/aromatic N) is 1. The Morgan fingerprint density at radius 3 is 2.57 bits per heavy atom. The number of alkyl halides is 3. The third-order valence-electron chi connectivity index (χ3n) is 4.97. The smallest absolute Gasteiger partial charge is 0.416 e. The lowest BCUT2D eigenvalue weighted by atomic mass is 10.0. The molecule has 1 aliphatic rings. The molecule has 3 aromatic rings. The summed E-state index contributed by atoms with van der Waals surface area (Å²) in [5.41, 5.74) is 0.778. The molecule has 1 aromatic heterocycles. The molecule has 2 aromatic carbocycles. The van der Waals surface area contributed by atoms with Gasteiger partial charge in [-0.1, -0.05) is 36.5 Å². The topological polar surface area (TPSA) is 42.7 Å². The van der Waals surface area contributed by atoms with Crippen LogP contribution in [-0.2, 0) is 19.1 Å². The van der Waals surface area contributed by atoms with Crippen molar-refractivity contribution in [2.75, 3.05) is 11.6 Å². The van der Waals surface area contributed by atoms with Gasteiger partial charge in [0, 0.05) is 11.5 Å². The van der Waals surface area contributed by atoms with Gasteiger partial charge in [-0.05, 0) is 36.2 Å². The molecule has 0 bridgehead atoms. The van der Waals surface area contributed by atoms with Crippen LogP contribution in [0.4, 0.5) is 18.9 Å². The molecule has 0 saturated heterocycles. The van der Waals surface area contributed by atoms with Crippen LogP contribution in [0.3, 0.4) is 0 Å². The summed E-state index contributed by atoms with van der Waals surface area (Å²) in [6.07, 6.45) is -2.99. The average Bonchev–Trinajstić information content (AvgIpc) is 2.68. The van der Waals surface area contributed by atoms with Crippen molar-refractivity contribution < 1.29 is 22.3 Å². The van der Waals surface area contributed by atoms with E-state index in [-0.39, 0.29) is 18.3 Å². The summed E-state index contributed by atoms with van der Waals surface area (Å²) in [5.74, 6) is 0.389. The normalized spacial score (nSPS) is 14.0. The van der Waals surface area contributed by atoms with Gasteiger partial charge in [0.2, 0.25) is 0 Å². The number of benzene rings is 2. The molecule has 0 unspecified atom stereocenters. The van der Waals surface area contributed by atoms with Gasteiger partial charge in [-0.3, -0.25) is 0 Å². The summed E-state index contributed by atoms with van der Waals surface area (Å²) in [6, 6.07) is 6.30. The summed E-state index contributed by atoms with van der Waals surface area (Å²) in [6.45, 7) is 2.23. The number of aryl methyl sites for hydroxylation is 1. The monoisotopic (exact) mass is 457 g/mol. The van der Waals surface area contributed by atoms with Crippen molar-refractivity contribution >= 4 is 39.9 Å². The minimum atomic E-state index is -4.49. The van der Waals surface area contributed by atoms with Crippen LogP contribution in [0.25, 0.3) is 11.0 Å². The molecule has 0 amide bonds. The first-order chi connectivity index (χ1) is 14.2. The Morgan fingerprint density at radius 2 is 1.90 bits per heavy atom. The van der Waals surface area contributed by atoms with E-state index in [1.165, 1.54) is 12.1 Å². The van der Waals surface area contributed by atoms with Gasteiger partial charge in [-0.15, -0.1) is 0 Å². The second kappa shape index (κ2) is 7.71. The zero-order valence-electron chi connectivity index (χ0n) is 15.8. The van der Waals surface area contributed by atoms with Crippen LogP contribution in [0.15, 0.2) is 39.5 Å². The number of rotatable bonds is 3. The molecule has 30 heavy (non-hydrogen) atoms. The fourth-order valence-electron chi connectivity index (χ4n) is 3.62. The highest BCUT2D eigenvalue weighted by Gasteiger charge is 2.32. The van der Waals surface area contributed by atoms with Crippen molar-refractivity contribution in [3.05, 3.63) is 67.5 Å². The van der Waals surface area contributed by atoms with Crippen LogP contribution < -0.4 is 15.3 Å². The summed E-state index contributed by atoms with van der Waals surface area (Å²) >= 11 is 12.6. The number of fused-ring (bicyclic) bond motifs is 3. The van der Waals surface area contributed by atoms with Gasteiger partial charge in [-0.25, -0.2) is 4.79 Å². The van der Waals surface area contributed by atoms with E-state index >= 15 is 0 Å². The molecule has 0 aliphatic carbocycles. The molecule has 0 atom stereocenters. The minimum Gasteiger partial charge on any atom is -0.471 e. The Bertz CT molecular complexity index is 1190. The second-order valence-corrected chi connectivity index (χ2v) is 7.83. The highest BCUT2D eigenvalue weighted by molar-refractivity contribution is 6.33. The van der Waals surface area contributed by atoms with Crippen LogP contribution in [-0.4, -0.2) is 6.73 Å². The summed E-state index contributed by atoms with van der Waals surface area (Å²) < 4.78 is 50.1. The minimum absolute atomic E-state index is 0.0300. The zero-order valence-corrected chi connectivity index (χ0v) is 17.3. The van der Waals surface area contributed by atoms with Gasteiger partial charge < -0.3 is 14.1 Å². The van der Waals surface area contributed by atoms with E-state index in [1.807, 2.05) is 6.92 Å². The van der Waals surface area contributed by atoms with Crippen molar-refractivity contribution in [3.63, 3.8) is 0 Å². The molecule has 4 nitrogen and oxygen atoms in total. The van der Waals surface area contributed by atoms with E-state index in [9.17, 15) is 18.0 Å². The van der Waals surface area contributed by atoms with Gasteiger partial charge in [-0.2, -0.15) is 13.2 Å². The number of ether oxygens (including phenoxy) is 1. The molecule has 1 aliphatic heterocycles. The van der Waals surface area contributed by atoms with Crippen molar-refractivity contribution in [1.29, 1.82) is 0 Å². The number of hydrogen-bond acceptors (Lipinski definition) is 4. The molecular weight excluding hydrogens is 442 g/mol. The predicted molar refractivity (Wildman–Crippen MR) is 110 cm³/mol. The van der Waals surface area contributed by atoms with E-state index in [0.717, 1.165) is 24.1 Å². The van der Waals surface area contributed by atoms with E-state index in [4.69, 9.17) is 32.4 Å². The first-order valence-corrected chi connectivity index (χ1v) is 9.97. The lowest BCUT2D eigenvalue weighted by molar-refractivity contribution is -0.137. The van der Waals surface area contributed by atoms with Crippen molar-refractivity contribution in [2.24, 2.45) is 0 Å². The standard InChI is InChI=1S/C21H16Cl2F3NO3/c1-2-3-11-6-18(28)30-19-13(11)8-16(23)20-14(19)9-27(10-29-20)17-5-4-12(7-15(17)22)21(24,25)26/h4-8H,2-3,9-10H2,1H3. The number of anilines is 1. The summed E-state index contributed by atoms with van der Waals surface area (Å²) in [7, 11) is 0. The van der Waals surface area contributed by atoms with Gasteiger partial charge >= 0.3 is 11.8 Å². The van der Waals surface area contributed by atoms with Gasteiger partial charge in [0.25, 0.3) is 0 Å². The first-order valence-electron chi connectivity index (χ1n) is 9.21. The summed E-state index contributed by atoms with van der Waals surface area (Å²) in [5, 5.41) is 1.03. The van der Waals surface area contributed by atoms with Crippen LogP contribution in [0.1, 0.15) is 30.0 Å². The molecule has 158 valence electrons. The maximum atomic E-state index is 12.9. The average molecular weight is 458 g/mol. The van der Waals surface area contributed by atoms with E-state index in [0.29, 0.717) is 39.4 Å². The Kier molecular flexibility index (Phi) is 5.36. The molecule has 0 radical (unpaired) electrons. The second-order valence-electron chi connectivity index (χ2n) is 7.02. The van der Waals surface area contributed by atoms with Crippen LogP contribution >= 0.6 is 23.2 Å². The fourth-order valence-corrected chi connectivity index (χ4v) is 4.20. The quantitative estimate of drug-likeness (QED) is 0.425. The van der Waals surface area contributed by atoms with Gasteiger partial charge in [0.1, 0.15) is 11.3 Å². The number of hydrogen-bond donors (Lipinski definition) is 0. The molecule has 0 saturated carbocycles. The predicted octanol–water partition coefficient (Wildman–Crippen LogP) is 6.43. The van der Waals surface area contributed by atoms with E-state index < -0.39 is 17.4 Å². The fraction of sp³-hybridized carbons (Fsp3) is 0.286. The maximum Gasteiger partial charge on any atom is 0.416 e. The molecule has 0 N–H and O–H groups in total. The van der Waals surface area contributed by atoms with Gasteiger partial charge in [0.05, 0.1) is 33.4 Å². The maximum absolute atomic E-state index is 12.9. The zero-order chi connectivity index (χ0) is 21.6. The highest BCUT2D eigenvalue weighted by Crippen LogP contribution is 2.42. The van der Waals surface area contributed by atoms with Crippen molar-refractivity contribution in [3.8, 4) is 5.75 Å². The molecule has 0 fully saturated rings. The molecule has 0 spiro atoms. The highest BCUT2D eigenvalue weighted by atomic mass is 35.5. The van der Waals surface area contributed by atoms with Crippen LogP contribution in [0.5, 0.6) is 5.75 Å². The molecule has 9 heteroatoms. The SMILES string of the molecule is CCCc1cc(=O)oc2c3c(c(Cl)cc12)OCN(c1ccc(C(F)(F)F)cc1Cl)C3.